The first-order valence-corrected chi connectivity index (χ1v) is 4.18. The molecular formula is C8H13N3O3. The van der Waals surface area contributed by atoms with Gasteiger partial charge in [-0.3, -0.25) is 4.57 Å². The Balaban J connectivity index is 3.21. The van der Waals surface area contributed by atoms with Gasteiger partial charge >= 0.3 is 11.7 Å². The van der Waals surface area contributed by atoms with E-state index in [1.54, 1.807) is 20.8 Å². The molecule has 0 amide bonds. The zero-order valence-electron chi connectivity index (χ0n) is 8.31. The highest BCUT2D eigenvalue weighted by Gasteiger charge is 2.33. The van der Waals surface area contributed by atoms with Crippen LogP contribution in [0.1, 0.15) is 26.8 Å². The molecule has 14 heavy (non-hydrogen) atoms. The molecule has 1 rings (SSSR count). The van der Waals surface area contributed by atoms with Gasteiger partial charge in [-0.1, -0.05) is 20.8 Å². The summed E-state index contributed by atoms with van der Waals surface area (Å²) < 4.78 is 1.09. The van der Waals surface area contributed by atoms with Crippen molar-refractivity contribution in [1.29, 1.82) is 0 Å². The minimum Gasteiger partial charge on any atom is -0.480 e. The van der Waals surface area contributed by atoms with Crippen LogP contribution in [0, 0.1) is 5.41 Å². The minimum absolute atomic E-state index is 0.507. The summed E-state index contributed by atoms with van der Waals surface area (Å²) in [5.41, 5.74) is -1.05. The van der Waals surface area contributed by atoms with E-state index in [1.807, 2.05) is 0 Å². The molecule has 0 bridgehead atoms. The second-order valence-corrected chi connectivity index (χ2v) is 4.18. The molecule has 6 nitrogen and oxygen atoms in total. The third kappa shape index (κ3) is 1.84. The van der Waals surface area contributed by atoms with Crippen LogP contribution in [0.2, 0.25) is 0 Å². The average molecular weight is 199 g/mol. The Morgan fingerprint density at radius 3 is 2.50 bits per heavy atom. The van der Waals surface area contributed by atoms with Crippen LogP contribution >= 0.6 is 0 Å². The quantitative estimate of drug-likeness (QED) is 0.714. The molecule has 0 aromatic carbocycles. The summed E-state index contributed by atoms with van der Waals surface area (Å²) in [5.74, 6) is -1.04. The standard InChI is InChI=1S/C8H13N3O3/c1-8(2,3)5(6(12)13)11-4-9-10-7(11)14/h4-5H,1-3H3,(H,10,14)(H,12,13). The van der Waals surface area contributed by atoms with Crippen LogP contribution < -0.4 is 5.69 Å². The van der Waals surface area contributed by atoms with Crippen molar-refractivity contribution in [2.24, 2.45) is 5.41 Å². The van der Waals surface area contributed by atoms with Crippen LogP contribution in [0.5, 0.6) is 0 Å². The maximum absolute atomic E-state index is 11.2. The number of H-pyrrole nitrogens is 1. The number of hydrogen-bond acceptors (Lipinski definition) is 3. The Bertz CT molecular complexity index is 385. The van der Waals surface area contributed by atoms with E-state index in [-0.39, 0.29) is 0 Å². The van der Waals surface area contributed by atoms with Gasteiger partial charge in [0.2, 0.25) is 0 Å². The van der Waals surface area contributed by atoms with Gasteiger partial charge < -0.3 is 5.11 Å². The summed E-state index contributed by atoms with van der Waals surface area (Å²) in [6.07, 6.45) is 1.20. The number of aromatic amines is 1. The predicted octanol–water partition coefficient (Wildman–Crippen LogP) is 0.243. The van der Waals surface area contributed by atoms with Gasteiger partial charge in [-0.2, -0.15) is 5.10 Å². The number of aromatic nitrogens is 3. The summed E-state index contributed by atoms with van der Waals surface area (Å²) in [7, 11) is 0. The second-order valence-electron chi connectivity index (χ2n) is 4.18. The van der Waals surface area contributed by atoms with E-state index in [4.69, 9.17) is 5.11 Å². The Hall–Kier alpha value is -1.59. The van der Waals surface area contributed by atoms with Crippen LogP contribution in [0.4, 0.5) is 0 Å². The van der Waals surface area contributed by atoms with Gasteiger partial charge in [-0.15, -0.1) is 0 Å². The molecule has 0 aliphatic rings. The maximum Gasteiger partial charge on any atom is 0.343 e. The van der Waals surface area contributed by atoms with Gasteiger partial charge in [-0.05, 0) is 5.41 Å². The van der Waals surface area contributed by atoms with Gasteiger partial charge in [0.05, 0.1) is 0 Å². The van der Waals surface area contributed by atoms with Crippen LogP contribution in [0.15, 0.2) is 11.1 Å². The van der Waals surface area contributed by atoms with Crippen LogP contribution in [0.3, 0.4) is 0 Å². The normalized spacial score (nSPS) is 13.9. The molecule has 1 heterocycles. The number of carboxylic acids is 1. The highest BCUT2D eigenvalue weighted by atomic mass is 16.4. The van der Waals surface area contributed by atoms with E-state index in [0.717, 1.165) is 4.57 Å². The van der Waals surface area contributed by atoms with Crippen molar-refractivity contribution in [3.63, 3.8) is 0 Å². The molecule has 0 radical (unpaired) electrons. The fourth-order valence-corrected chi connectivity index (χ4v) is 1.35. The molecule has 0 spiro atoms. The fraction of sp³-hybridized carbons (Fsp3) is 0.625. The summed E-state index contributed by atoms with van der Waals surface area (Å²) in [6.45, 7) is 5.27. The van der Waals surface area contributed by atoms with Gasteiger partial charge in [0.25, 0.3) is 0 Å². The van der Waals surface area contributed by atoms with E-state index in [0.29, 0.717) is 0 Å². The Morgan fingerprint density at radius 2 is 2.21 bits per heavy atom. The Kier molecular flexibility index (Phi) is 2.46. The first-order valence-electron chi connectivity index (χ1n) is 4.18. The number of carboxylic acid groups (broad SMARTS) is 1. The number of carbonyl (C=O) groups is 1. The third-order valence-corrected chi connectivity index (χ3v) is 1.91. The lowest BCUT2D eigenvalue weighted by Crippen LogP contribution is -2.36. The zero-order chi connectivity index (χ0) is 10.9. The van der Waals surface area contributed by atoms with Crippen molar-refractivity contribution in [1.82, 2.24) is 14.8 Å². The minimum atomic E-state index is -1.04. The topological polar surface area (TPSA) is 88.0 Å². The molecule has 1 aromatic heterocycles. The van der Waals surface area contributed by atoms with Crippen LogP contribution in [0.25, 0.3) is 0 Å². The van der Waals surface area contributed by atoms with E-state index >= 15 is 0 Å². The third-order valence-electron chi connectivity index (χ3n) is 1.91. The van der Waals surface area contributed by atoms with Gasteiger partial charge in [0.15, 0.2) is 0 Å². The van der Waals surface area contributed by atoms with Gasteiger partial charge in [0.1, 0.15) is 12.4 Å². The number of nitrogens with zero attached hydrogens (tertiary/aromatic N) is 2. The smallest absolute Gasteiger partial charge is 0.343 e. The van der Waals surface area contributed by atoms with Crippen LogP contribution in [-0.4, -0.2) is 25.8 Å². The van der Waals surface area contributed by atoms with Crippen molar-refractivity contribution in [2.75, 3.05) is 0 Å². The lowest BCUT2D eigenvalue weighted by atomic mass is 9.87. The van der Waals surface area contributed by atoms with E-state index in [9.17, 15) is 9.59 Å². The number of rotatable bonds is 2. The van der Waals surface area contributed by atoms with Gasteiger partial charge in [0, 0.05) is 0 Å². The SMILES string of the molecule is CC(C)(C)C(C(=O)O)n1cn[nH]c1=O. The molecule has 78 valence electrons. The largest absolute Gasteiger partial charge is 0.480 e. The lowest BCUT2D eigenvalue weighted by molar-refractivity contribution is -0.144. The van der Waals surface area contributed by atoms with Crippen molar-refractivity contribution in [3.05, 3.63) is 16.8 Å². The summed E-state index contributed by atoms with van der Waals surface area (Å²) in [6, 6.07) is -0.909. The monoisotopic (exact) mass is 199 g/mol. The Morgan fingerprint density at radius 1 is 1.64 bits per heavy atom. The molecule has 0 fully saturated rings. The second kappa shape index (κ2) is 3.28. The molecule has 1 atom stereocenters. The molecule has 2 N–H and O–H groups in total. The van der Waals surface area contributed by atoms with Gasteiger partial charge in [-0.25, -0.2) is 14.7 Å². The highest BCUT2D eigenvalue weighted by Crippen LogP contribution is 2.29. The first kappa shape index (κ1) is 10.5. The molecule has 1 aromatic rings. The van der Waals surface area contributed by atoms with E-state index in [2.05, 4.69) is 10.2 Å². The maximum atomic E-state index is 11.2. The van der Waals surface area contributed by atoms with E-state index in [1.165, 1.54) is 6.33 Å². The highest BCUT2D eigenvalue weighted by molar-refractivity contribution is 5.72. The zero-order valence-corrected chi connectivity index (χ0v) is 8.31. The van der Waals surface area contributed by atoms with Crippen molar-refractivity contribution in [3.8, 4) is 0 Å². The first-order chi connectivity index (χ1) is 6.34. The summed E-state index contributed by atoms with van der Waals surface area (Å²) in [5, 5.41) is 14.7. The molecule has 0 saturated heterocycles. The number of aliphatic carboxylic acids is 1. The predicted molar refractivity (Wildman–Crippen MR) is 49.0 cm³/mol. The molecule has 1 unspecified atom stereocenters. The molecule has 0 saturated carbocycles. The van der Waals surface area contributed by atoms with Crippen molar-refractivity contribution >= 4 is 5.97 Å². The summed E-state index contributed by atoms with van der Waals surface area (Å²) in [4.78, 5) is 22.2. The van der Waals surface area contributed by atoms with Crippen LogP contribution in [-0.2, 0) is 4.79 Å². The average Bonchev–Trinajstić information content (AvgIpc) is 2.32. The summed E-state index contributed by atoms with van der Waals surface area (Å²) >= 11 is 0. The fourth-order valence-electron chi connectivity index (χ4n) is 1.35. The van der Waals surface area contributed by atoms with Crippen molar-refractivity contribution < 1.29 is 9.90 Å². The lowest BCUT2D eigenvalue weighted by Gasteiger charge is -2.26. The van der Waals surface area contributed by atoms with Crippen molar-refractivity contribution in [2.45, 2.75) is 26.8 Å². The molecule has 0 aliphatic heterocycles. The number of nitrogens with one attached hydrogen (secondary N) is 1. The Labute approximate surface area is 80.6 Å². The molecular weight excluding hydrogens is 186 g/mol. The molecule has 0 aliphatic carbocycles. The van der Waals surface area contributed by atoms with E-state index < -0.39 is 23.1 Å². The number of hydrogen-bond donors (Lipinski definition) is 2. The molecule has 6 heteroatoms.